The van der Waals surface area contributed by atoms with E-state index in [2.05, 4.69) is 5.32 Å². The molecule has 0 aliphatic carbocycles. The summed E-state index contributed by atoms with van der Waals surface area (Å²) < 4.78 is 39.5. The minimum atomic E-state index is -3.51. The van der Waals surface area contributed by atoms with Gasteiger partial charge >= 0.3 is 0 Å². The maximum absolute atomic E-state index is 12.9. The summed E-state index contributed by atoms with van der Waals surface area (Å²) in [4.78, 5) is 12.6. The molecule has 0 radical (unpaired) electrons. The minimum Gasteiger partial charge on any atom is -0.326 e. The molecule has 5 nitrogen and oxygen atoms in total. The topological polar surface area (TPSA) is 66.5 Å². The number of rotatable bonds is 4. The second-order valence-electron chi connectivity index (χ2n) is 5.99. The Labute approximate surface area is 146 Å². The van der Waals surface area contributed by atoms with Gasteiger partial charge in [0.15, 0.2) is 0 Å². The lowest BCUT2D eigenvalue weighted by molar-refractivity contribution is -0.120. The van der Waals surface area contributed by atoms with E-state index in [4.69, 9.17) is 0 Å². The fraction of sp³-hybridized carbons (Fsp3) is 0.278. The van der Waals surface area contributed by atoms with Crippen molar-refractivity contribution in [3.8, 4) is 0 Å². The number of anilines is 1. The van der Waals surface area contributed by atoms with Crippen LogP contribution in [-0.2, 0) is 14.8 Å². The van der Waals surface area contributed by atoms with Crippen LogP contribution in [-0.4, -0.2) is 31.7 Å². The molecular formula is C18H19FN2O3S. The van der Waals surface area contributed by atoms with Gasteiger partial charge in [0.25, 0.3) is 0 Å². The molecule has 1 fully saturated rings. The van der Waals surface area contributed by atoms with Gasteiger partial charge in [-0.25, -0.2) is 12.8 Å². The number of amides is 1. The van der Waals surface area contributed by atoms with E-state index in [1.807, 2.05) is 0 Å². The smallest absolute Gasteiger partial charge is 0.243 e. The largest absolute Gasteiger partial charge is 0.326 e. The molecule has 1 N–H and O–H groups in total. The van der Waals surface area contributed by atoms with E-state index >= 15 is 0 Å². The van der Waals surface area contributed by atoms with Gasteiger partial charge in [-0.2, -0.15) is 4.31 Å². The molecule has 2 aromatic carbocycles. The summed E-state index contributed by atoms with van der Waals surface area (Å²) in [6, 6.07) is 13.9. The summed E-state index contributed by atoms with van der Waals surface area (Å²) in [5.41, 5.74) is 0.533. The Morgan fingerprint density at radius 1 is 1.00 bits per heavy atom. The molecule has 1 aliphatic rings. The number of halogens is 1. The van der Waals surface area contributed by atoms with E-state index in [-0.39, 0.29) is 22.5 Å². The number of hydrogen-bond acceptors (Lipinski definition) is 3. The highest BCUT2D eigenvalue weighted by Gasteiger charge is 2.31. The molecule has 0 saturated carbocycles. The number of carbonyl (C=O) groups excluding carboxylic acids is 1. The van der Waals surface area contributed by atoms with Crippen molar-refractivity contribution >= 4 is 21.6 Å². The molecule has 1 saturated heterocycles. The molecule has 25 heavy (non-hydrogen) atoms. The van der Waals surface area contributed by atoms with Crippen LogP contribution in [0.3, 0.4) is 0 Å². The monoisotopic (exact) mass is 362 g/mol. The summed E-state index contributed by atoms with van der Waals surface area (Å²) in [7, 11) is -3.51. The van der Waals surface area contributed by atoms with Crippen molar-refractivity contribution in [2.75, 3.05) is 18.4 Å². The average molecular weight is 362 g/mol. The lowest BCUT2D eigenvalue weighted by Gasteiger charge is -2.30. The lowest BCUT2D eigenvalue weighted by atomic mass is 9.97. The molecule has 0 spiro atoms. The summed E-state index contributed by atoms with van der Waals surface area (Å²) in [5, 5.41) is 2.75. The molecule has 3 rings (SSSR count). The van der Waals surface area contributed by atoms with E-state index in [1.165, 1.54) is 28.6 Å². The van der Waals surface area contributed by atoms with Gasteiger partial charge in [-0.1, -0.05) is 18.2 Å². The van der Waals surface area contributed by atoms with E-state index in [0.717, 1.165) is 0 Å². The van der Waals surface area contributed by atoms with Crippen LogP contribution in [0.4, 0.5) is 10.1 Å². The first-order chi connectivity index (χ1) is 12.0. The van der Waals surface area contributed by atoms with E-state index in [9.17, 15) is 17.6 Å². The van der Waals surface area contributed by atoms with Crippen molar-refractivity contribution in [1.29, 1.82) is 0 Å². The molecule has 1 amide bonds. The number of hydrogen-bond donors (Lipinski definition) is 1. The molecule has 7 heteroatoms. The van der Waals surface area contributed by atoms with Gasteiger partial charge < -0.3 is 5.32 Å². The fourth-order valence-corrected chi connectivity index (χ4v) is 4.37. The van der Waals surface area contributed by atoms with Crippen LogP contribution in [0.25, 0.3) is 0 Å². The Morgan fingerprint density at radius 2 is 1.60 bits per heavy atom. The van der Waals surface area contributed by atoms with Gasteiger partial charge in [0.1, 0.15) is 5.82 Å². The Hall–Kier alpha value is -2.25. The second-order valence-corrected chi connectivity index (χ2v) is 7.93. The van der Waals surface area contributed by atoms with Crippen LogP contribution in [0, 0.1) is 11.7 Å². The van der Waals surface area contributed by atoms with Gasteiger partial charge in [0.05, 0.1) is 4.90 Å². The third-order valence-corrected chi connectivity index (χ3v) is 6.23. The Morgan fingerprint density at radius 3 is 2.20 bits per heavy atom. The molecule has 132 valence electrons. The minimum absolute atomic E-state index is 0.164. The van der Waals surface area contributed by atoms with Crippen molar-refractivity contribution in [1.82, 2.24) is 4.31 Å². The zero-order chi connectivity index (χ0) is 17.9. The highest BCUT2D eigenvalue weighted by Crippen LogP contribution is 2.24. The molecule has 0 atom stereocenters. The van der Waals surface area contributed by atoms with Crippen LogP contribution in [0.5, 0.6) is 0 Å². The van der Waals surface area contributed by atoms with Crippen molar-refractivity contribution in [2.24, 2.45) is 5.92 Å². The molecule has 0 unspecified atom stereocenters. The highest BCUT2D eigenvalue weighted by atomic mass is 32.2. The van der Waals surface area contributed by atoms with Gasteiger partial charge in [-0.05, 0) is 49.2 Å². The van der Waals surface area contributed by atoms with Crippen LogP contribution in [0.2, 0.25) is 0 Å². The molecule has 0 aromatic heterocycles. The van der Waals surface area contributed by atoms with Gasteiger partial charge in [-0.15, -0.1) is 0 Å². The molecule has 2 aromatic rings. The predicted octanol–water partition coefficient (Wildman–Crippen LogP) is 2.87. The van der Waals surface area contributed by atoms with Crippen molar-refractivity contribution in [3.63, 3.8) is 0 Å². The molecular weight excluding hydrogens is 343 g/mol. The predicted molar refractivity (Wildman–Crippen MR) is 93.0 cm³/mol. The lowest BCUT2D eigenvalue weighted by Crippen LogP contribution is -2.41. The average Bonchev–Trinajstić information content (AvgIpc) is 2.64. The second kappa shape index (κ2) is 7.33. The first-order valence-corrected chi connectivity index (χ1v) is 9.52. The molecule has 1 heterocycles. The Bertz CT molecular complexity index is 830. The number of sulfonamides is 1. The van der Waals surface area contributed by atoms with E-state index in [1.54, 1.807) is 30.3 Å². The molecule has 1 aliphatic heterocycles. The third-order valence-electron chi connectivity index (χ3n) is 4.32. The zero-order valence-electron chi connectivity index (χ0n) is 13.6. The van der Waals surface area contributed by atoms with Crippen molar-refractivity contribution in [2.45, 2.75) is 17.7 Å². The van der Waals surface area contributed by atoms with E-state index < -0.39 is 10.0 Å². The summed E-state index contributed by atoms with van der Waals surface area (Å²) in [6.07, 6.45) is 0.915. The fourth-order valence-electron chi connectivity index (χ4n) is 2.88. The SMILES string of the molecule is O=C(Nc1ccc(F)cc1)C1CCN(S(=O)(=O)c2ccccc2)CC1. The summed E-state index contributed by atoms with van der Waals surface area (Å²) in [5.74, 6) is -0.784. The number of carbonyl (C=O) groups is 1. The maximum atomic E-state index is 12.9. The van der Waals surface area contributed by atoms with Gasteiger partial charge in [-0.3, -0.25) is 4.79 Å². The van der Waals surface area contributed by atoms with Crippen LogP contribution in [0.15, 0.2) is 59.5 Å². The molecule has 0 bridgehead atoms. The standard InChI is InChI=1S/C18H19FN2O3S/c19-15-6-8-16(9-7-15)20-18(22)14-10-12-21(13-11-14)25(23,24)17-4-2-1-3-5-17/h1-9,14H,10-13H2,(H,20,22). The third kappa shape index (κ3) is 4.05. The Kier molecular flexibility index (Phi) is 5.15. The summed E-state index contributed by atoms with van der Waals surface area (Å²) in [6.45, 7) is 0.609. The van der Waals surface area contributed by atoms with E-state index in [0.29, 0.717) is 31.6 Å². The first-order valence-electron chi connectivity index (χ1n) is 8.08. The van der Waals surface area contributed by atoms with Gasteiger partial charge in [0, 0.05) is 24.7 Å². The summed E-state index contributed by atoms with van der Waals surface area (Å²) >= 11 is 0. The first kappa shape index (κ1) is 17.6. The maximum Gasteiger partial charge on any atom is 0.243 e. The van der Waals surface area contributed by atoms with Crippen LogP contribution >= 0.6 is 0 Å². The van der Waals surface area contributed by atoms with Crippen LogP contribution in [0.1, 0.15) is 12.8 Å². The van der Waals surface area contributed by atoms with Crippen molar-refractivity contribution in [3.05, 3.63) is 60.4 Å². The quantitative estimate of drug-likeness (QED) is 0.909. The van der Waals surface area contributed by atoms with Gasteiger partial charge in [0.2, 0.25) is 15.9 Å². The number of benzene rings is 2. The van der Waals surface area contributed by atoms with Crippen molar-refractivity contribution < 1.29 is 17.6 Å². The number of nitrogens with zero attached hydrogens (tertiary/aromatic N) is 1. The van der Waals surface area contributed by atoms with Crippen LogP contribution < -0.4 is 5.32 Å². The Balaban J connectivity index is 1.60. The number of nitrogens with one attached hydrogen (secondary N) is 1. The highest BCUT2D eigenvalue weighted by molar-refractivity contribution is 7.89. The number of piperidine rings is 1. The zero-order valence-corrected chi connectivity index (χ0v) is 14.4. The normalized spacial score (nSPS) is 16.5.